The molecule has 4 rings (SSSR count). The average molecular weight is 437 g/mol. The summed E-state index contributed by atoms with van der Waals surface area (Å²) in [7, 11) is 6.39. The van der Waals surface area contributed by atoms with Crippen LogP contribution in [0.1, 0.15) is 17.3 Å². The van der Waals surface area contributed by atoms with Crippen LogP contribution in [0.2, 0.25) is 0 Å². The fourth-order valence-corrected chi connectivity index (χ4v) is 4.09. The van der Waals surface area contributed by atoms with Gasteiger partial charge in [-0.3, -0.25) is 0 Å². The number of nitrogens with one attached hydrogen (secondary N) is 1. The molecule has 168 valence electrons. The van der Waals surface area contributed by atoms with Crippen molar-refractivity contribution in [2.24, 2.45) is 0 Å². The summed E-state index contributed by atoms with van der Waals surface area (Å²) in [6.07, 6.45) is 2.03. The smallest absolute Gasteiger partial charge is 0.322 e. The van der Waals surface area contributed by atoms with Crippen molar-refractivity contribution in [3.05, 3.63) is 66.0 Å². The molecule has 2 amide bonds. The van der Waals surface area contributed by atoms with Gasteiger partial charge in [0, 0.05) is 42.3 Å². The van der Waals surface area contributed by atoms with Gasteiger partial charge in [-0.1, -0.05) is 0 Å². The second-order valence-corrected chi connectivity index (χ2v) is 7.33. The summed E-state index contributed by atoms with van der Waals surface area (Å²) in [5.41, 5.74) is 2.48. The fourth-order valence-electron chi connectivity index (χ4n) is 4.09. The fraction of sp³-hybridized carbons (Fsp3) is 0.292. The summed E-state index contributed by atoms with van der Waals surface area (Å²) in [5, 5.41) is 3.00. The summed E-state index contributed by atoms with van der Waals surface area (Å²) in [5.74, 6) is 2.53. The van der Waals surface area contributed by atoms with E-state index in [0.29, 0.717) is 41.8 Å². The highest BCUT2D eigenvalue weighted by Gasteiger charge is 2.34. The van der Waals surface area contributed by atoms with Crippen LogP contribution in [-0.2, 0) is 6.54 Å². The predicted molar refractivity (Wildman–Crippen MR) is 121 cm³/mol. The van der Waals surface area contributed by atoms with E-state index in [1.807, 2.05) is 41.4 Å². The van der Waals surface area contributed by atoms with Crippen molar-refractivity contribution in [1.29, 1.82) is 0 Å². The predicted octanol–water partition coefficient (Wildman–Crippen LogP) is 4.16. The number of hydrogen-bond acceptors (Lipinski definition) is 5. The lowest BCUT2D eigenvalue weighted by Gasteiger charge is -2.37. The highest BCUT2D eigenvalue weighted by atomic mass is 16.5. The zero-order valence-electron chi connectivity index (χ0n) is 18.6. The number of carbonyl (C=O) groups excluding carboxylic acids is 1. The van der Waals surface area contributed by atoms with Crippen LogP contribution in [0.25, 0.3) is 0 Å². The third-order valence-corrected chi connectivity index (χ3v) is 5.67. The summed E-state index contributed by atoms with van der Waals surface area (Å²) >= 11 is 0. The Labute approximate surface area is 187 Å². The molecule has 0 spiro atoms. The topological polar surface area (TPSA) is 74.2 Å². The first-order valence-electron chi connectivity index (χ1n) is 10.3. The molecule has 8 heteroatoms. The van der Waals surface area contributed by atoms with Gasteiger partial charge in [-0.05, 0) is 42.5 Å². The molecule has 8 nitrogen and oxygen atoms in total. The van der Waals surface area contributed by atoms with E-state index in [2.05, 4.69) is 9.88 Å². The molecule has 0 aliphatic carbocycles. The molecule has 2 heterocycles. The molecule has 0 saturated heterocycles. The van der Waals surface area contributed by atoms with E-state index in [4.69, 9.17) is 18.9 Å². The lowest BCUT2D eigenvalue weighted by Crippen LogP contribution is -2.44. The number of hydrogen-bond donors (Lipinski definition) is 1. The highest BCUT2D eigenvalue weighted by molar-refractivity contribution is 5.90. The minimum atomic E-state index is -0.344. The Kier molecular flexibility index (Phi) is 6.11. The number of aromatic nitrogens is 1. The molecule has 1 unspecified atom stereocenters. The van der Waals surface area contributed by atoms with Gasteiger partial charge in [0.1, 0.15) is 17.5 Å². The van der Waals surface area contributed by atoms with Crippen LogP contribution in [0.4, 0.5) is 10.5 Å². The van der Waals surface area contributed by atoms with E-state index in [9.17, 15) is 4.79 Å². The van der Waals surface area contributed by atoms with E-state index in [1.54, 1.807) is 46.6 Å². The Morgan fingerprint density at radius 2 is 1.62 bits per heavy atom. The van der Waals surface area contributed by atoms with Crippen molar-refractivity contribution in [2.75, 3.05) is 40.3 Å². The number of nitrogens with zero attached hydrogens (tertiary/aromatic N) is 2. The third kappa shape index (κ3) is 3.91. The van der Waals surface area contributed by atoms with Crippen molar-refractivity contribution in [3.63, 3.8) is 0 Å². The number of fused-ring (bicyclic) bond motifs is 1. The van der Waals surface area contributed by atoms with Crippen molar-refractivity contribution in [1.82, 2.24) is 9.47 Å². The minimum absolute atomic E-state index is 0.223. The number of rotatable bonds is 6. The number of amides is 2. The molecule has 3 aromatic rings. The van der Waals surface area contributed by atoms with E-state index in [-0.39, 0.29) is 12.1 Å². The first-order valence-corrected chi connectivity index (χ1v) is 10.3. The molecule has 1 aliphatic heterocycles. The molecule has 0 fully saturated rings. The van der Waals surface area contributed by atoms with Gasteiger partial charge in [0.15, 0.2) is 11.5 Å². The Morgan fingerprint density at radius 3 is 2.34 bits per heavy atom. The Balaban J connectivity index is 1.71. The van der Waals surface area contributed by atoms with Gasteiger partial charge in [-0.25, -0.2) is 4.79 Å². The molecule has 1 N–H and O–H groups in total. The summed E-state index contributed by atoms with van der Waals surface area (Å²) in [6, 6.07) is 14.4. The number of ether oxygens (including phenoxy) is 4. The van der Waals surface area contributed by atoms with Crippen molar-refractivity contribution in [2.45, 2.75) is 12.6 Å². The summed E-state index contributed by atoms with van der Waals surface area (Å²) in [6.45, 7) is 1.23. The van der Waals surface area contributed by atoms with Gasteiger partial charge in [0.2, 0.25) is 0 Å². The van der Waals surface area contributed by atoms with E-state index < -0.39 is 0 Å². The van der Waals surface area contributed by atoms with Crippen LogP contribution in [0, 0.1) is 0 Å². The van der Waals surface area contributed by atoms with Crippen LogP contribution >= 0.6 is 0 Å². The first-order chi connectivity index (χ1) is 15.6. The van der Waals surface area contributed by atoms with Crippen LogP contribution in [0.15, 0.2) is 54.7 Å². The molecule has 1 atom stereocenters. The van der Waals surface area contributed by atoms with Crippen LogP contribution in [0.5, 0.6) is 23.0 Å². The molecule has 32 heavy (non-hydrogen) atoms. The molecular weight excluding hydrogens is 410 g/mol. The highest BCUT2D eigenvalue weighted by Crippen LogP contribution is 2.39. The molecule has 1 aliphatic rings. The summed E-state index contributed by atoms with van der Waals surface area (Å²) < 4.78 is 23.9. The maximum atomic E-state index is 13.5. The van der Waals surface area contributed by atoms with Crippen molar-refractivity contribution in [3.8, 4) is 23.0 Å². The van der Waals surface area contributed by atoms with Crippen LogP contribution < -0.4 is 24.3 Å². The Bertz CT molecular complexity index is 1110. The zero-order chi connectivity index (χ0) is 22.7. The van der Waals surface area contributed by atoms with Crippen LogP contribution in [0.3, 0.4) is 0 Å². The maximum absolute atomic E-state index is 13.5. The average Bonchev–Trinajstić information content (AvgIpc) is 3.31. The zero-order valence-corrected chi connectivity index (χ0v) is 18.6. The lowest BCUT2D eigenvalue weighted by molar-refractivity contribution is 0.180. The Morgan fingerprint density at radius 1 is 0.875 bits per heavy atom. The normalized spacial score (nSPS) is 15.0. The maximum Gasteiger partial charge on any atom is 0.322 e. The molecule has 0 radical (unpaired) electrons. The molecule has 0 bridgehead atoms. The second kappa shape index (κ2) is 9.13. The van der Waals surface area contributed by atoms with Gasteiger partial charge in [-0.15, -0.1) is 0 Å². The molecule has 2 aromatic carbocycles. The standard InChI is InChI=1S/C24H27N3O5/c1-29-17-8-10-20(30-2)18(15-17)23-19-6-5-11-26(19)12-13-27(23)24(28)25-16-7-9-21(31-3)22(14-16)32-4/h5-11,14-15,23H,12-13H2,1-4H3,(H,25,28). The van der Waals surface area contributed by atoms with Gasteiger partial charge in [0.05, 0.1) is 28.4 Å². The minimum Gasteiger partial charge on any atom is -0.497 e. The van der Waals surface area contributed by atoms with E-state index >= 15 is 0 Å². The largest absolute Gasteiger partial charge is 0.497 e. The molecule has 1 aromatic heterocycles. The number of methoxy groups -OCH3 is 4. The quantitative estimate of drug-likeness (QED) is 0.627. The number of anilines is 1. The SMILES string of the molecule is COc1ccc(OC)c(C2c3cccn3CCN2C(=O)Nc2ccc(OC)c(OC)c2)c1. The first kappa shape index (κ1) is 21.4. The van der Waals surface area contributed by atoms with Gasteiger partial charge in [-0.2, -0.15) is 0 Å². The number of carbonyl (C=O) groups is 1. The van der Waals surface area contributed by atoms with Crippen molar-refractivity contribution >= 4 is 11.7 Å². The third-order valence-electron chi connectivity index (χ3n) is 5.67. The Hall–Kier alpha value is -3.81. The molecule has 0 saturated carbocycles. The van der Waals surface area contributed by atoms with Gasteiger partial charge >= 0.3 is 6.03 Å². The van der Waals surface area contributed by atoms with Gasteiger partial charge < -0.3 is 33.7 Å². The summed E-state index contributed by atoms with van der Waals surface area (Å²) in [4.78, 5) is 15.3. The van der Waals surface area contributed by atoms with Gasteiger partial charge in [0.25, 0.3) is 0 Å². The number of urea groups is 1. The lowest BCUT2D eigenvalue weighted by atomic mass is 9.98. The monoisotopic (exact) mass is 437 g/mol. The van der Waals surface area contributed by atoms with Crippen molar-refractivity contribution < 1.29 is 23.7 Å². The van der Waals surface area contributed by atoms with Crippen LogP contribution in [-0.4, -0.2) is 50.5 Å². The van der Waals surface area contributed by atoms with E-state index in [0.717, 1.165) is 11.3 Å². The van der Waals surface area contributed by atoms with E-state index in [1.165, 1.54) is 0 Å². The molecular formula is C24H27N3O5. The number of benzene rings is 2. The second-order valence-electron chi connectivity index (χ2n) is 7.33.